The van der Waals surface area contributed by atoms with Gasteiger partial charge in [-0.15, -0.1) is 0 Å². The second kappa shape index (κ2) is 10.7. The Balaban J connectivity index is 1.51. The van der Waals surface area contributed by atoms with Crippen LogP contribution < -0.4 is 19.5 Å². The van der Waals surface area contributed by atoms with Gasteiger partial charge in [0.25, 0.3) is 0 Å². The molecule has 2 aromatic rings. The molecule has 0 saturated carbocycles. The van der Waals surface area contributed by atoms with Crippen molar-refractivity contribution in [2.45, 2.75) is 32.1 Å². The normalized spacial score (nSPS) is 12.8. The van der Waals surface area contributed by atoms with Crippen LogP contribution in [0.15, 0.2) is 41.3 Å². The van der Waals surface area contributed by atoms with Gasteiger partial charge in [-0.05, 0) is 56.2 Å². The molecule has 1 heterocycles. The van der Waals surface area contributed by atoms with Gasteiger partial charge >= 0.3 is 0 Å². The first-order chi connectivity index (χ1) is 15.7. The molecule has 1 aliphatic rings. The number of likely N-dealkylation sites (N-methyl/N-ethyl adjacent to an activating group) is 1. The molecule has 10 heteroatoms. The van der Waals surface area contributed by atoms with Crippen LogP contribution in [0, 0.1) is 13.8 Å². The number of nitrogens with one attached hydrogen (secondary N) is 2. The molecule has 9 nitrogen and oxygen atoms in total. The molecule has 178 valence electrons. The lowest BCUT2D eigenvalue weighted by Crippen LogP contribution is -2.39. The summed E-state index contributed by atoms with van der Waals surface area (Å²) in [4.78, 5) is 26.5. The number of amides is 2. The molecule has 0 unspecified atom stereocenters. The van der Waals surface area contributed by atoms with Gasteiger partial charge in [-0.3, -0.25) is 9.59 Å². The Morgan fingerprint density at radius 1 is 1.00 bits per heavy atom. The van der Waals surface area contributed by atoms with Crippen LogP contribution in [-0.2, 0) is 19.6 Å². The first-order valence-electron chi connectivity index (χ1n) is 10.7. The molecule has 0 bridgehead atoms. The lowest BCUT2D eigenvalue weighted by atomic mass is 10.1. The van der Waals surface area contributed by atoms with Crippen molar-refractivity contribution in [3.63, 3.8) is 0 Å². The lowest BCUT2D eigenvalue weighted by molar-refractivity contribution is -0.134. The number of anilines is 1. The van der Waals surface area contributed by atoms with Gasteiger partial charge in [0.05, 0.1) is 11.4 Å². The summed E-state index contributed by atoms with van der Waals surface area (Å²) in [6.45, 7) is 6.53. The molecule has 0 spiro atoms. The van der Waals surface area contributed by atoms with E-state index in [0.29, 0.717) is 36.9 Å². The fourth-order valence-corrected chi connectivity index (χ4v) is 4.40. The van der Waals surface area contributed by atoms with Gasteiger partial charge < -0.3 is 19.7 Å². The van der Waals surface area contributed by atoms with Gasteiger partial charge in [0, 0.05) is 31.3 Å². The first-order valence-corrected chi connectivity index (χ1v) is 12.2. The van der Waals surface area contributed by atoms with Crippen LogP contribution in [0.2, 0.25) is 0 Å². The van der Waals surface area contributed by atoms with E-state index in [-0.39, 0.29) is 36.2 Å². The van der Waals surface area contributed by atoms with Crippen molar-refractivity contribution < 1.29 is 27.5 Å². The summed E-state index contributed by atoms with van der Waals surface area (Å²) >= 11 is 0. The quantitative estimate of drug-likeness (QED) is 0.575. The maximum absolute atomic E-state index is 12.5. The number of rotatable bonds is 9. The number of carbonyl (C=O) groups excluding carboxylic acids is 2. The maximum atomic E-state index is 12.5. The van der Waals surface area contributed by atoms with Crippen molar-refractivity contribution in [3.8, 4) is 11.5 Å². The number of carbonyl (C=O) groups is 2. The number of fused-ring (bicyclic) bond motifs is 1. The van der Waals surface area contributed by atoms with Crippen LogP contribution in [0.4, 0.5) is 5.69 Å². The highest BCUT2D eigenvalue weighted by Gasteiger charge is 2.19. The standard InChI is InChI=1S/C23H29N3O6S/c1-4-26(15-22(27)25-18-6-8-20-21(14-18)32-12-11-31-20)23(28)9-10-24-33(29,30)19-7-5-16(2)17(3)13-19/h5-8,13-14,24H,4,9-12,15H2,1-3H3,(H,25,27). The van der Waals surface area contributed by atoms with Crippen molar-refractivity contribution in [1.82, 2.24) is 9.62 Å². The number of nitrogens with zero attached hydrogens (tertiary/aromatic N) is 1. The highest BCUT2D eigenvalue weighted by atomic mass is 32.2. The largest absolute Gasteiger partial charge is 0.486 e. The Morgan fingerprint density at radius 2 is 1.73 bits per heavy atom. The fraction of sp³-hybridized carbons (Fsp3) is 0.391. The fourth-order valence-electron chi connectivity index (χ4n) is 3.29. The van der Waals surface area contributed by atoms with E-state index in [2.05, 4.69) is 10.0 Å². The van der Waals surface area contributed by atoms with Gasteiger partial charge in [0.1, 0.15) is 13.2 Å². The van der Waals surface area contributed by atoms with Crippen LogP contribution in [0.5, 0.6) is 11.5 Å². The molecule has 0 fully saturated rings. The third kappa shape index (κ3) is 6.45. The molecule has 33 heavy (non-hydrogen) atoms. The minimum atomic E-state index is -3.72. The molecular formula is C23H29N3O6S. The number of ether oxygens (including phenoxy) is 2. The predicted molar refractivity (Wildman–Crippen MR) is 124 cm³/mol. The summed E-state index contributed by atoms with van der Waals surface area (Å²) in [6, 6.07) is 9.97. The zero-order valence-corrected chi connectivity index (χ0v) is 19.8. The summed E-state index contributed by atoms with van der Waals surface area (Å²) in [5.41, 5.74) is 2.40. The molecule has 0 radical (unpaired) electrons. The monoisotopic (exact) mass is 475 g/mol. The number of hydrogen-bond acceptors (Lipinski definition) is 6. The third-order valence-corrected chi connectivity index (χ3v) is 6.77. The minimum Gasteiger partial charge on any atom is -0.486 e. The Hall–Kier alpha value is -3.11. The molecule has 0 atom stereocenters. The summed E-state index contributed by atoms with van der Waals surface area (Å²) in [7, 11) is -3.72. The maximum Gasteiger partial charge on any atom is 0.243 e. The van der Waals surface area contributed by atoms with Gasteiger partial charge in [-0.25, -0.2) is 13.1 Å². The van der Waals surface area contributed by atoms with E-state index >= 15 is 0 Å². The second-order valence-electron chi connectivity index (χ2n) is 7.71. The van der Waals surface area contributed by atoms with Gasteiger partial charge in [0.2, 0.25) is 21.8 Å². The molecule has 3 rings (SSSR count). The van der Waals surface area contributed by atoms with Crippen molar-refractivity contribution in [3.05, 3.63) is 47.5 Å². The zero-order valence-electron chi connectivity index (χ0n) is 19.0. The van der Waals surface area contributed by atoms with Crippen LogP contribution in [0.1, 0.15) is 24.5 Å². The zero-order chi connectivity index (χ0) is 24.0. The molecule has 0 aromatic heterocycles. The average Bonchev–Trinajstić information content (AvgIpc) is 2.78. The molecule has 2 N–H and O–H groups in total. The van der Waals surface area contributed by atoms with E-state index in [4.69, 9.17) is 9.47 Å². The van der Waals surface area contributed by atoms with Crippen molar-refractivity contribution in [1.29, 1.82) is 0 Å². The first kappa shape index (κ1) is 24.5. The SMILES string of the molecule is CCN(CC(=O)Nc1ccc2c(c1)OCCO2)C(=O)CCNS(=O)(=O)c1ccc(C)c(C)c1. The predicted octanol–water partition coefficient (Wildman–Crippen LogP) is 2.23. The van der Waals surface area contributed by atoms with Gasteiger partial charge in [0.15, 0.2) is 11.5 Å². The van der Waals surface area contributed by atoms with E-state index in [1.54, 1.807) is 37.3 Å². The van der Waals surface area contributed by atoms with E-state index in [1.165, 1.54) is 11.0 Å². The van der Waals surface area contributed by atoms with Crippen molar-refractivity contribution in [2.24, 2.45) is 0 Å². The van der Waals surface area contributed by atoms with E-state index < -0.39 is 10.0 Å². The molecule has 0 saturated heterocycles. The second-order valence-corrected chi connectivity index (χ2v) is 9.48. The van der Waals surface area contributed by atoms with Crippen LogP contribution >= 0.6 is 0 Å². The number of aryl methyl sites for hydroxylation is 2. The molecule has 0 aliphatic carbocycles. The van der Waals surface area contributed by atoms with Crippen LogP contribution in [0.3, 0.4) is 0 Å². The van der Waals surface area contributed by atoms with Crippen molar-refractivity contribution in [2.75, 3.05) is 38.2 Å². The van der Waals surface area contributed by atoms with Crippen molar-refractivity contribution >= 4 is 27.5 Å². The van der Waals surface area contributed by atoms with E-state index in [1.807, 2.05) is 13.8 Å². The van der Waals surface area contributed by atoms with E-state index in [0.717, 1.165) is 11.1 Å². The number of sulfonamides is 1. The van der Waals surface area contributed by atoms with Crippen LogP contribution in [-0.4, -0.2) is 58.0 Å². The molecule has 2 amide bonds. The Labute approximate surface area is 194 Å². The molecule has 1 aliphatic heterocycles. The lowest BCUT2D eigenvalue weighted by Gasteiger charge is -2.21. The number of hydrogen-bond donors (Lipinski definition) is 2. The highest BCUT2D eigenvalue weighted by Crippen LogP contribution is 2.32. The Bertz CT molecular complexity index is 1130. The summed E-state index contributed by atoms with van der Waals surface area (Å²) in [5, 5.41) is 2.74. The summed E-state index contributed by atoms with van der Waals surface area (Å²) in [5.74, 6) is 0.488. The van der Waals surface area contributed by atoms with E-state index in [9.17, 15) is 18.0 Å². The smallest absolute Gasteiger partial charge is 0.243 e. The van der Waals surface area contributed by atoms with Crippen LogP contribution in [0.25, 0.3) is 0 Å². The summed E-state index contributed by atoms with van der Waals surface area (Å²) < 4.78 is 38.4. The third-order valence-electron chi connectivity index (χ3n) is 5.31. The number of benzene rings is 2. The summed E-state index contributed by atoms with van der Waals surface area (Å²) in [6.07, 6.45) is -0.0603. The molecule has 2 aromatic carbocycles. The van der Waals surface area contributed by atoms with Gasteiger partial charge in [-0.1, -0.05) is 6.07 Å². The Morgan fingerprint density at radius 3 is 2.42 bits per heavy atom. The molecular weight excluding hydrogens is 446 g/mol. The Kier molecular flexibility index (Phi) is 7.93. The minimum absolute atomic E-state index is 0.0603. The average molecular weight is 476 g/mol. The highest BCUT2D eigenvalue weighted by molar-refractivity contribution is 7.89. The van der Waals surface area contributed by atoms with Gasteiger partial charge in [-0.2, -0.15) is 0 Å². The topological polar surface area (TPSA) is 114 Å².